The lowest BCUT2D eigenvalue weighted by atomic mass is 10.2. The van der Waals surface area contributed by atoms with Crippen molar-refractivity contribution in [1.82, 2.24) is 14.7 Å². The highest BCUT2D eigenvalue weighted by Crippen LogP contribution is 2.14. The summed E-state index contributed by atoms with van der Waals surface area (Å²) in [6.45, 7) is 4.78. The molecule has 2 rings (SSSR count). The third-order valence-electron chi connectivity index (χ3n) is 4.12. The van der Waals surface area contributed by atoms with E-state index in [1.165, 1.54) is 7.05 Å². The lowest BCUT2D eigenvalue weighted by Gasteiger charge is -2.20. The smallest absolute Gasteiger partial charge is 0.334 e. The molecule has 9 nitrogen and oxygen atoms in total. The molecule has 0 aromatic heterocycles. The molecule has 0 saturated carbocycles. The monoisotopic (exact) mass is 388 g/mol. The van der Waals surface area contributed by atoms with Crippen LogP contribution in [0, 0.1) is 12.8 Å². The molecule has 0 spiro atoms. The van der Waals surface area contributed by atoms with Crippen molar-refractivity contribution >= 4 is 35.3 Å². The van der Waals surface area contributed by atoms with Gasteiger partial charge in [-0.3, -0.25) is 24.1 Å². The molecule has 1 aromatic carbocycles. The number of rotatable bonds is 7. The average molecular weight is 388 g/mol. The topological polar surface area (TPSA) is 107 Å². The van der Waals surface area contributed by atoms with Crippen molar-refractivity contribution in [2.45, 2.75) is 20.8 Å². The molecule has 0 unspecified atom stereocenters. The Balaban J connectivity index is 1.93. The van der Waals surface area contributed by atoms with Crippen LogP contribution in [0.2, 0.25) is 0 Å². The Morgan fingerprint density at radius 1 is 1.04 bits per heavy atom. The Hall–Kier alpha value is -3.23. The summed E-state index contributed by atoms with van der Waals surface area (Å²) in [7, 11) is 1.38. The Labute approximate surface area is 163 Å². The van der Waals surface area contributed by atoms with Gasteiger partial charge in [0.15, 0.2) is 0 Å². The molecule has 150 valence electrons. The fraction of sp³-hybridized carbons (Fsp3) is 0.421. The van der Waals surface area contributed by atoms with Gasteiger partial charge in [0.25, 0.3) is 0 Å². The number of aryl methyl sites for hydroxylation is 1. The van der Waals surface area contributed by atoms with Gasteiger partial charge in [-0.05, 0) is 25.0 Å². The zero-order valence-electron chi connectivity index (χ0n) is 16.4. The second kappa shape index (κ2) is 8.64. The van der Waals surface area contributed by atoms with Crippen molar-refractivity contribution in [3.63, 3.8) is 0 Å². The minimum atomic E-state index is -1.03. The summed E-state index contributed by atoms with van der Waals surface area (Å²) >= 11 is 0. The van der Waals surface area contributed by atoms with Crippen LogP contribution in [-0.2, 0) is 19.2 Å². The molecule has 0 atom stereocenters. The first kappa shape index (κ1) is 21.1. The van der Waals surface area contributed by atoms with Crippen LogP contribution in [0.15, 0.2) is 24.3 Å². The normalized spacial score (nSPS) is 14.1. The Bertz CT molecular complexity index is 803. The molecule has 1 heterocycles. The number of likely N-dealkylation sites (N-methyl/N-ethyl adjacent to an activating group) is 1. The van der Waals surface area contributed by atoms with E-state index >= 15 is 0 Å². The molecule has 0 aliphatic carbocycles. The molecule has 0 bridgehead atoms. The van der Waals surface area contributed by atoms with Gasteiger partial charge in [0.2, 0.25) is 11.8 Å². The summed E-state index contributed by atoms with van der Waals surface area (Å²) in [6, 6.07) is 6.36. The first-order chi connectivity index (χ1) is 13.1. The molecular formula is C19H24N4O5. The highest BCUT2D eigenvalue weighted by atomic mass is 16.2. The number of carbonyl (C=O) groups excluding carboxylic acids is 5. The van der Waals surface area contributed by atoms with E-state index in [1.54, 1.807) is 26.0 Å². The first-order valence-electron chi connectivity index (χ1n) is 8.88. The summed E-state index contributed by atoms with van der Waals surface area (Å²) in [4.78, 5) is 63.2. The van der Waals surface area contributed by atoms with Crippen LogP contribution in [0.1, 0.15) is 19.4 Å². The molecular weight excluding hydrogens is 364 g/mol. The average Bonchev–Trinajstić information content (AvgIpc) is 2.81. The van der Waals surface area contributed by atoms with E-state index in [0.717, 1.165) is 15.4 Å². The van der Waals surface area contributed by atoms with Gasteiger partial charge in [-0.25, -0.2) is 9.69 Å². The maximum atomic E-state index is 12.3. The van der Waals surface area contributed by atoms with Crippen molar-refractivity contribution < 1.29 is 24.0 Å². The molecule has 1 N–H and O–H groups in total. The Morgan fingerprint density at radius 3 is 2.18 bits per heavy atom. The zero-order valence-corrected chi connectivity index (χ0v) is 16.4. The van der Waals surface area contributed by atoms with E-state index < -0.39 is 36.2 Å². The molecule has 1 fully saturated rings. The molecule has 9 heteroatoms. The third-order valence-corrected chi connectivity index (χ3v) is 4.12. The summed E-state index contributed by atoms with van der Waals surface area (Å²) in [5, 5.41) is 2.66. The standard InChI is InChI=1S/C19H24N4O5/c1-12(2)9-22-17(26)18(27)23(19(22)28)11-16(25)21(4)10-15(24)20-14-7-5-13(3)6-8-14/h5-8,12H,9-11H2,1-4H3,(H,20,24). The first-order valence-corrected chi connectivity index (χ1v) is 8.88. The van der Waals surface area contributed by atoms with Crippen LogP contribution < -0.4 is 5.32 Å². The van der Waals surface area contributed by atoms with Gasteiger partial charge < -0.3 is 10.2 Å². The van der Waals surface area contributed by atoms with Crippen molar-refractivity contribution in [3.8, 4) is 0 Å². The van der Waals surface area contributed by atoms with Crippen LogP contribution in [0.3, 0.4) is 0 Å². The fourth-order valence-electron chi connectivity index (χ4n) is 2.61. The van der Waals surface area contributed by atoms with E-state index in [-0.39, 0.29) is 19.0 Å². The number of imide groups is 2. The number of nitrogens with one attached hydrogen (secondary N) is 1. The maximum absolute atomic E-state index is 12.3. The Kier molecular flexibility index (Phi) is 6.50. The van der Waals surface area contributed by atoms with Crippen molar-refractivity contribution in [2.75, 3.05) is 32.0 Å². The third kappa shape index (κ3) is 4.93. The number of nitrogens with zero attached hydrogens (tertiary/aromatic N) is 3. The molecule has 1 saturated heterocycles. The van der Waals surface area contributed by atoms with E-state index in [0.29, 0.717) is 10.6 Å². The number of hydrogen-bond acceptors (Lipinski definition) is 5. The predicted molar refractivity (Wildman–Crippen MR) is 101 cm³/mol. The Morgan fingerprint density at radius 2 is 1.61 bits per heavy atom. The fourth-order valence-corrected chi connectivity index (χ4v) is 2.61. The minimum absolute atomic E-state index is 0.00973. The van der Waals surface area contributed by atoms with E-state index in [1.807, 2.05) is 19.1 Å². The van der Waals surface area contributed by atoms with Crippen LogP contribution in [0.25, 0.3) is 0 Å². The minimum Gasteiger partial charge on any atom is -0.335 e. The molecule has 1 aliphatic rings. The van der Waals surface area contributed by atoms with Gasteiger partial charge in [0.05, 0.1) is 6.54 Å². The molecule has 0 radical (unpaired) electrons. The van der Waals surface area contributed by atoms with E-state index in [4.69, 9.17) is 0 Å². The van der Waals surface area contributed by atoms with Gasteiger partial charge in [0, 0.05) is 19.3 Å². The molecule has 28 heavy (non-hydrogen) atoms. The number of amides is 6. The highest BCUT2D eigenvalue weighted by Gasteiger charge is 2.45. The second-order valence-corrected chi connectivity index (χ2v) is 7.15. The SMILES string of the molecule is Cc1ccc(NC(=O)CN(C)C(=O)CN2C(=O)C(=O)N(CC(C)C)C2=O)cc1. The van der Waals surface area contributed by atoms with E-state index in [9.17, 15) is 24.0 Å². The largest absolute Gasteiger partial charge is 0.335 e. The predicted octanol–water partition coefficient (Wildman–Crippen LogP) is 0.839. The summed E-state index contributed by atoms with van der Waals surface area (Å²) in [6.07, 6.45) is 0. The highest BCUT2D eigenvalue weighted by molar-refractivity contribution is 6.45. The van der Waals surface area contributed by atoms with Crippen molar-refractivity contribution in [2.24, 2.45) is 5.92 Å². The lowest BCUT2D eigenvalue weighted by molar-refractivity contribution is -0.145. The van der Waals surface area contributed by atoms with Crippen molar-refractivity contribution in [1.29, 1.82) is 0 Å². The zero-order chi connectivity index (χ0) is 21.0. The van der Waals surface area contributed by atoms with Gasteiger partial charge in [-0.15, -0.1) is 0 Å². The van der Waals surface area contributed by atoms with E-state index in [2.05, 4.69) is 5.32 Å². The van der Waals surface area contributed by atoms with Gasteiger partial charge >= 0.3 is 17.8 Å². The number of benzene rings is 1. The maximum Gasteiger partial charge on any atom is 0.334 e. The number of anilines is 1. The number of carbonyl (C=O) groups is 5. The summed E-state index contributed by atoms with van der Waals surface area (Å²) < 4.78 is 0. The lowest BCUT2D eigenvalue weighted by Crippen LogP contribution is -2.44. The summed E-state index contributed by atoms with van der Waals surface area (Å²) in [5.41, 5.74) is 1.64. The summed E-state index contributed by atoms with van der Waals surface area (Å²) in [5.74, 6) is -3.02. The van der Waals surface area contributed by atoms with Crippen LogP contribution in [0.4, 0.5) is 10.5 Å². The number of urea groups is 1. The van der Waals surface area contributed by atoms with Gasteiger partial charge in [-0.2, -0.15) is 0 Å². The number of hydrogen-bond donors (Lipinski definition) is 1. The van der Waals surface area contributed by atoms with Crippen LogP contribution in [0.5, 0.6) is 0 Å². The van der Waals surface area contributed by atoms with Crippen molar-refractivity contribution in [3.05, 3.63) is 29.8 Å². The van der Waals surface area contributed by atoms with Gasteiger partial charge in [-0.1, -0.05) is 31.5 Å². The van der Waals surface area contributed by atoms with Crippen LogP contribution >= 0.6 is 0 Å². The van der Waals surface area contributed by atoms with Gasteiger partial charge in [0.1, 0.15) is 6.54 Å². The molecule has 1 aliphatic heterocycles. The molecule has 6 amide bonds. The second-order valence-electron chi connectivity index (χ2n) is 7.15. The quantitative estimate of drug-likeness (QED) is 0.550. The molecule has 1 aromatic rings. The van der Waals surface area contributed by atoms with Crippen LogP contribution in [-0.4, -0.2) is 71.0 Å².